The highest BCUT2D eigenvalue weighted by molar-refractivity contribution is 7.92. The van der Waals surface area contributed by atoms with Gasteiger partial charge in [0, 0.05) is 31.4 Å². The van der Waals surface area contributed by atoms with Gasteiger partial charge < -0.3 is 4.90 Å². The number of anilines is 1. The van der Waals surface area contributed by atoms with Crippen molar-refractivity contribution in [3.05, 3.63) is 34.7 Å². The minimum atomic E-state index is -3.29. The van der Waals surface area contributed by atoms with Crippen LogP contribution in [0.1, 0.15) is 13.8 Å². The van der Waals surface area contributed by atoms with Gasteiger partial charge in [-0.2, -0.15) is 5.10 Å². The maximum Gasteiger partial charge on any atom is 0.274 e. The summed E-state index contributed by atoms with van der Waals surface area (Å²) >= 11 is 0. The third kappa shape index (κ3) is 2.99. The maximum atomic E-state index is 12.5. The van der Waals surface area contributed by atoms with Crippen molar-refractivity contribution in [2.45, 2.75) is 25.1 Å². The highest BCUT2D eigenvalue weighted by Gasteiger charge is 2.31. The average Bonchev–Trinajstić information content (AvgIpc) is 2.40. The second-order valence-electron chi connectivity index (χ2n) is 6.31. The van der Waals surface area contributed by atoms with E-state index in [9.17, 15) is 13.2 Å². The minimum absolute atomic E-state index is 0.0238. The Balaban J connectivity index is 2.53. The van der Waals surface area contributed by atoms with Crippen LogP contribution >= 0.6 is 0 Å². The first-order chi connectivity index (χ1) is 10.0. The fraction of sp³-hybridized carbons (Fsp3) is 0.467. The molecule has 120 valence electrons. The molecule has 0 bridgehead atoms. The molecule has 0 spiro atoms. The molecule has 0 aliphatic heterocycles. The highest BCUT2D eigenvalue weighted by atomic mass is 32.2. The molecule has 2 aromatic rings. The number of hydrogen-bond donors (Lipinski definition) is 0. The summed E-state index contributed by atoms with van der Waals surface area (Å²) in [7, 11) is 0.547. The predicted molar refractivity (Wildman–Crippen MR) is 89.3 cm³/mol. The molecule has 0 aliphatic rings. The second kappa shape index (κ2) is 5.39. The number of rotatable bonds is 4. The summed E-state index contributed by atoms with van der Waals surface area (Å²) in [6.45, 7) is 3.21. The molecule has 6 nitrogen and oxygen atoms in total. The van der Waals surface area contributed by atoms with Crippen LogP contribution in [0, 0.1) is 0 Å². The van der Waals surface area contributed by atoms with Crippen molar-refractivity contribution >= 4 is 26.3 Å². The van der Waals surface area contributed by atoms with E-state index >= 15 is 0 Å². The zero-order valence-corrected chi connectivity index (χ0v) is 14.3. The van der Waals surface area contributed by atoms with Gasteiger partial charge in [0.15, 0.2) is 9.84 Å². The van der Waals surface area contributed by atoms with Gasteiger partial charge in [0.25, 0.3) is 5.56 Å². The average molecular weight is 323 g/mol. The predicted octanol–water partition coefficient (Wildman–Crippen LogP) is 1.29. The Bertz CT molecular complexity index is 867. The molecule has 0 amide bonds. The molecule has 1 aromatic heterocycles. The van der Waals surface area contributed by atoms with Crippen molar-refractivity contribution in [3.8, 4) is 0 Å². The SMILES string of the molecule is CN(C)c1ccc2c(=O)n(CC(C)(C)S(C)(=O)=O)ncc2c1. The highest BCUT2D eigenvalue weighted by Crippen LogP contribution is 2.19. The Morgan fingerprint density at radius 2 is 1.91 bits per heavy atom. The Morgan fingerprint density at radius 3 is 2.45 bits per heavy atom. The number of benzene rings is 1. The quantitative estimate of drug-likeness (QED) is 0.848. The molecule has 0 saturated carbocycles. The van der Waals surface area contributed by atoms with Crippen LogP contribution in [0.4, 0.5) is 5.69 Å². The van der Waals surface area contributed by atoms with Crippen molar-refractivity contribution in [3.63, 3.8) is 0 Å². The first-order valence-corrected chi connectivity index (χ1v) is 8.79. The van der Waals surface area contributed by atoms with E-state index in [1.807, 2.05) is 31.1 Å². The lowest BCUT2D eigenvalue weighted by atomic mass is 10.1. The molecule has 0 fully saturated rings. The molecular weight excluding hydrogens is 302 g/mol. The van der Waals surface area contributed by atoms with Gasteiger partial charge in [-0.25, -0.2) is 13.1 Å². The smallest absolute Gasteiger partial charge is 0.274 e. The molecule has 0 unspecified atom stereocenters. The van der Waals surface area contributed by atoms with Crippen LogP contribution < -0.4 is 10.5 Å². The minimum Gasteiger partial charge on any atom is -0.378 e. The summed E-state index contributed by atoms with van der Waals surface area (Å²) in [4.78, 5) is 14.4. The van der Waals surface area contributed by atoms with E-state index in [1.165, 1.54) is 10.9 Å². The molecule has 0 N–H and O–H groups in total. The van der Waals surface area contributed by atoms with E-state index in [4.69, 9.17) is 0 Å². The fourth-order valence-electron chi connectivity index (χ4n) is 2.04. The third-order valence-corrected chi connectivity index (χ3v) is 6.02. The van der Waals surface area contributed by atoms with Crippen molar-refractivity contribution < 1.29 is 8.42 Å². The first-order valence-electron chi connectivity index (χ1n) is 6.90. The summed E-state index contributed by atoms with van der Waals surface area (Å²) in [5.74, 6) is 0. The zero-order valence-electron chi connectivity index (χ0n) is 13.5. The Hall–Kier alpha value is -1.89. The van der Waals surface area contributed by atoms with Gasteiger partial charge in [0.2, 0.25) is 0 Å². The zero-order chi connectivity index (χ0) is 16.7. The van der Waals surface area contributed by atoms with Gasteiger partial charge in [-0.3, -0.25) is 4.79 Å². The molecule has 7 heteroatoms. The van der Waals surface area contributed by atoms with Crippen LogP contribution in [0.3, 0.4) is 0 Å². The van der Waals surface area contributed by atoms with Gasteiger partial charge in [-0.1, -0.05) is 0 Å². The van der Waals surface area contributed by atoms with Gasteiger partial charge in [0.1, 0.15) is 0 Å². The normalized spacial score (nSPS) is 12.6. The number of sulfone groups is 1. The Labute approximate surface area is 130 Å². The fourth-order valence-corrected chi connectivity index (χ4v) is 2.40. The third-order valence-electron chi connectivity index (χ3n) is 3.89. The topological polar surface area (TPSA) is 72.3 Å². The standard InChI is InChI=1S/C15H21N3O3S/c1-15(2,22(5,20)21)10-18-14(19)13-7-6-12(17(3)4)8-11(13)9-16-18/h6-9H,10H2,1-5H3. The second-order valence-corrected chi connectivity index (χ2v) is 8.95. The van der Waals surface area contributed by atoms with E-state index in [-0.39, 0.29) is 12.1 Å². The lowest BCUT2D eigenvalue weighted by Gasteiger charge is -2.22. The van der Waals surface area contributed by atoms with Gasteiger partial charge in [0.05, 0.1) is 22.9 Å². The molecule has 0 aliphatic carbocycles. The van der Waals surface area contributed by atoms with E-state index in [0.29, 0.717) is 5.39 Å². The summed E-state index contributed by atoms with van der Waals surface area (Å²) in [6, 6.07) is 5.49. The molecule has 2 rings (SSSR count). The number of fused-ring (bicyclic) bond motifs is 1. The van der Waals surface area contributed by atoms with Crippen molar-refractivity contribution in [1.29, 1.82) is 0 Å². The van der Waals surface area contributed by atoms with Crippen molar-refractivity contribution in [1.82, 2.24) is 9.78 Å². The first kappa shape index (κ1) is 16.5. The van der Waals surface area contributed by atoms with E-state index in [1.54, 1.807) is 26.1 Å². The summed E-state index contributed by atoms with van der Waals surface area (Å²) in [5.41, 5.74) is 0.697. The van der Waals surface area contributed by atoms with Crippen molar-refractivity contribution in [2.24, 2.45) is 0 Å². The number of nitrogens with zero attached hydrogens (tertiary/aromatic N) is 3. The monoisotopic (exact) mass is 323 g/mol. The van der Waals surface area contributed by atoms with E-state index in [2.05, 4.69) is 5.10 Å². The number of aromatic nitrogens is 2. The number of hydrogen-bond acceptors (Lipinski definition) is 5. The van der Waals surface area contributed by atoms with E-state index < -0.39 is 14.6 Å². The van der Waals surface area contributed by atoms with Crippen LogP contribution in [0.5, 0.6) is 0 Å². The molecule has 0 radical (unpaired) electrons. The van der Waals surface area contributed by atoms with E-state index in [0.717, 1.165) is 11.1 Å². The summed E-state index contributed by atoms with van der Waals surface area (Å²) < 4.78 is 23.8. The van der Waals surface area contributed by atoms with Crippen LogP contribution in [0.15, 0.2) is 29.2 Å². The van der Waals surface area contributed by atoms with Crippen molar-refractivity contribution in [2.75, 3.05) is 25.3 Å². The summed E-state index contributed by atoms with van der Waals surface area (Å²) in [6.07, 6.45) is 2.77. The van der Waals surface area contributed by atoms with Crippen LogP contribution in [-0.2, 0) is 16.4 Å². The van der Waals surface area contributed by atoms with Gasteiger partial charge in [-0.05, 0) is 32.0 Å². The van der Waals surface area contributed by atoms with Gasteiger partial charge in [-0.15, -0.1) is 0 Å². The maximum absolute atomic E-state index is 12.5. The molecular formula is C15H21N3O3S. The largest absolute Gasteiger partial charge is 0.378 e. The molecule has 0 saturated heterocycles. The summed E-state index contributed by atoms with van der Waals surface area (Å²) in [5, 5.41) is 5.40. The molecule has 22 heavy (non-hydrogen) atoms. The van der Waals surface area contributed by atoms with Crippen LogP contribution in [0.2, 0.25) is 0 Å². The van der Waals surface area contributed by atoms with Crippen LogP contribution in [0.25, 0.3) is 10.8 Å². The molecule has 0 atom stereocenters. The lowest BCUT2D eigenvalue weighted by molar-refractivity contribution is 0.465. The lowest BCUT2D eigenvalue weighted by Crippen LogP contribution is -2.40. The molecule has 1 aromatic carbocycles. The Morgan fingerprint density at radius 1 is 1.27 bits per heavy atom. The molecule has 1 heterocycles. The Kier molecular flexibility index (Phi) is 4.04. The van der Waals surface area contributed by atoms with Crippen LogP contribution in [-0.4, -0.2) is 43.3 Å². The van der Waals surface area contributed by atoms with Gasteiger partial charge >= 0.3 is 0 Å².